The summed E-state index contributed by atoms with van der Waals surface area (Å²) < 4.78 is 0.655. The first-order chi connectivity index (χ1) is 9.99. The molecule has 21 heavy (non-hydrogen) atoms. The van der Waals surface area contributed by atoms with Crippen molar-refractivity contribution in [2.45, 2.75) is 18.8 Å². The van der Waals surface area contributed by atoms with E-state index in [1.807, 2.05) is 0 Å². The van der Waals surface area contributed by atoms with Gasteiger partial charge in [0.1, 0.15) is 0 Å². The molecule has 8 heteroatoms. The normalized spacial score (nSPS) is 14.2. The van der Waals surface area contributed by atoms with E-state index in [1.165, 1.54) is 0 Å². The fourth-order valence-corrected chi connectivity index (χ4v) is 2.85. The van der Waals surface area contributed by atoms with Gasteiger partial charge in [-0.1, -0.05) is 23.2 Å². The molecule has 1 aromatic heterocycles. The number of carbonyl (C=O) groups is 1. The first-order valence-corrected chi connectivity index (χ1v) is 7.82. The van der Waals surface area contributed by atoms with E-state index in [4.69, 9.17) is 28.9 Å². The van der Waals surface area contributed by atoms with Gasteiger partial charge in [-0.15, -0.1) is 0 Å². The first kappa shape index (κ1) is 14.7. The predicted octanol–water partition coefficient (Wildman–Crippen LogP) is 4.19. The van der Waals surface area contributed by atoms with Gasteiger partial charge in [0.2, 0.25) is 0 Å². The highest BCUT2D eigenvalue weighted by molar-refractivity contribution is 9.10. The number of carbonyl (C=O) groups excluding carboxylic acids is 1. The van der Waals surface area contributed by atoms with Gasteiger partial charge in [-0.25, -0.2) is 0 Å². The molecule has 1 aromatic carbocycles. The van der Waals surface area contributed by atoms with Crippen LogP contribution in [0.25, 0.3) is 0 Å². The summed E-state index contributed by atoms with van der Waals surface area (Å²) in [6.07, 6.45) is 2.14. The molecule has 0 radical (unpaired) electrons. The summed E-state index contributed by atoms with van der Waals surface area (Å²) in [4.78, 5) is 12.3. The molecular weight excluding hydrogens is 379 g/mol. The fourth-order valence-electron chi connectivity index (χ4n) is 2.02. The average molecular weight is 390 g/mol. The van der Waals surface area contributed by atoms with Crippen molar-refractivity contribution in [2.75, 3.05) is 11.1 Å². The van der Waals surface area contributed by atoms with E-state index in [1.54, 1.807) is 12.1 Å². The molecule has 2 aromatic rings. The second-order valence-electron chi connectivity index (χ2n) is 4.85. The zero-order valence-electron chi connectivity index (χ0n) is 10.7. The number of anilines is 2. The number of nitrogen functional groups attached to an aromatic ring is 1. The SMILES string of the molecule is Nc1c(C(=O)Nc2ccc(Br)c(Cl)c2Cl)n[nH]c1C1CC1. The lowest BCUT2D eigenvalue weighted by Gasteiger charge is -2.08. The highest BCUT2D eigenvalue weighted by Crippen LogP contribution is 2.42. The zero-order chi connectivity index (χ0) is 15.1. The van der Waals surface area contributed by atoms with Crippen LogP contribution in [-0.4, -0.2) is 16.1 Å². The highest BCUT2D eigenvalue weighted by Gasteiger charge is 2.30. The minimum Gasteiger partial charge on any atom is -0.395 e. The van der Waals surface area contributed by atoms with Crippen LogP contribution in [0.3, 0.4) is 0 Å². The largest absolute Gasteiger partial charge is 0.395 e. The minimum atomic E-state index is -0.420. The Kier molecular flexibility index (Phi) is 3.86. The number of benzene rings is 1. The van der Waals surface area contributed by atoms with Gasteiger partial charge in [0.25, 0.3) is 5.91 Å². The number of hydrogen-bond acceptors (Lipinski definition) is 3. The highest BCUT2D eigenvalue weighted by atomic mass is 79.9. The van der Waals surface area contributed by atoms with Crippen LogP contribution in [0.2, 0.25) is 10.0 Å². The molecule has 0 bridgehead atoms. The maximum Gasteiger partial charge on any atom is 0.278 e. The maximum atomic E-state index is 12.3. The third kappa shape index (κ3) is 2.75. The molecule has 4 N–H and O–H groups in total. The third-order valence-corrected chi connectivity index (χ3v) is 5.09. The Labute approximate surface area is 139 Å². The third-order valence-electron chi connectivity index (χ3n) is 3.32. The summed E-state index contributed by atoms with van der Waals surface area (Å²) >= 11 is 15.4. The van der Waals surface area contributed by atoms with Gasteiger partial charge < -0.3 is 11.1 Å². The topological polar surface area (TPSA) is 83.8 Å². The molecule has 3 rings (SSSR count). The number of amides is 1. The second-order valence-corrected chi connectivity index (χ2v) is 6.46. The number of aromatic amines is 1. The van der Waals surface area contributed by atoms with Gasteiger partial charge >= 0.3 is 0 Å². The van der Waals surface area contributed by atoms with Crippen molar-refractivity contribution in [3.05, 3.63) is 38.0 Å². The number of aromatic nitrogens is 2. The van der Waals surface area contributed by atoms with Crippen molar-refractivity contribution in [3.8, 4) is 0 Å². The van der Waals surface area contributed by atoms with Crippen LogP contribution < -0.4 is 11.1 Å². The number of rotatable bonds is 3. The number of halogens is 3. The smallest absolute Gasteiger partial charge is 0.278 e. The van der Waals surface area contributed by atoms with E-state index in [0.29, 0.717) is 26.8 Å². The Hall–Kier alpha value is -1.24. The molecule has 1 aliphatic rings. The van der Waals surface area contributed by atoms with E-state index in [0.717, 1.165) is 18.5 Å². The van der Waals surface area contributed by atoms with Crippen molar-refractivity contribution in [1.82, 2.24) is 10.2 Å². The molecule has 1 aliphatic carbocycles. The van der Waals surface area contributed by atoms with Crippen LogP contribution in [0.1, 0.15) is 34.9 Å². The van der Waals surface area contributed by atoms with Crippen LogP contribution in [0.5, 0.6) is 0 Å². The molecule has 0 aliphatic heterocycles. The maximum absolute atomic E-state index is 12.3. The molecule has 110 valence electrons. The average Bonchev–Trinajstić information content (AvgIpc) is 3.22. The number of hydrogen-bond donors (Lipinski definition) is 3. The number of nitrogens with two attached hydrogens (primary N) is 1. The summed E-state index contributed by atoms with van der Waals surface area (Å²) in [5.41, 5.74) is 7.78. The quantitative estimate of drug-likeness (QED) is 0.688. The molecule has 1 amide bonds. The number of H-pyrrole nitrogens is 1. The van der Waals surface area contributed by atoms with Crippen molar-refractivity contribution in [1.29, 1.82) is 0 Å². The lowest BCUT2D eigenvalue weighted by atomic mass is 10.2. The molecule has 0 spiro atoms. The molecule has 0 saturated heterocycles. The van der Waals surface area contributed by atoms with E-state index in [-0.39, 0.29) is 10.7 Å². The lowest BCUT2D eigenvalue weighted by molar-refractivity contribution is 0.102. The van der Waals surface area contributed by atoms with Gasteiger partial charge in [-0.05, 0) is 40.9 Å². The summed E-state index contributed by atoms with van der Waals surface area (Å²) in [6.45, 7) is 0. The number of nitrogens with one attached hydrogen (secondary N) is 2. The summed E-state index contributed by atoms with van der Waals surface area (Å²) in [5, 5.41) is 10.1. The minimum absolute atomic E-state index is 0.173. The van der Waals surface area contributed by atoms with Gasteiger partial charge in [0.05, 0.1) is 27.1 Å². The number of nitrogens with zero attached hydrogens (tertiary/aromatic N) is 1. The van der Waals surface area contributed by atoms with E-state index >= 15 is 0 Å². The van der Waals surface area contributed by atoms with Crippen molar-refractivity contribution in [2.24, 2.45) is 0 Å². The predicted molar refractivity (Wildman–Crippen MR) is 87.1 cm³/mol. The Balaban J connectivity index is 1.85. The molecular formula is C13H11BrCl2N4O. The van der Waals surface area contributed by atoms with Crippen molar-refractivity contribution in [3.63, 3.8) is 0 Å². The van der Waals surface area contributed by atoms with E-state index < -0.39 is 5.91 Å². The standard InChI is InChI=1S/C13H11BrCl2N4O/c14-6-3-4-7(9(16)8(6)15)18-13(21)12-10(17)11(19-20-12)5-1-2-5/h3-5H,1-2,17H2,(H,18,21)(H,19,20). The van der Waals surface area contributed by atoms with Crippen LogP contribution >= 0.6 is 39.1 Å². The Bertz CT molecular complexity index is 727. The molecule has 1 fully saturated rings. The fraction of sp³-hybridized carbons (Fsp3) is 0.231. The summed E-state index contributed by atoms with van der Waals surface area (Å²) in [7, 11) is 0. The zero-order valence-corrected chi connectivity index (χ0v) is 13.8. The molecule has 1 heterocycles. The van der Waals surface area contributed by atoms with Crippen molar-refractivity contribution >= 4 is 56.4 Å². The summed E-state index contributed by atoms with van der Waals surface area (Å²) in [5.74, 6) is -0.0271. The summed E-state index contributed by atoms with van der Waals surface area (Å²) in [6, 6.07) is 3.36. The van der Waals surface area contributed by atoms with Gasteiger partial charge in [-0.2, -0.15) is 5.10 Å². The van der Waals surface area contributed by atoms with Crippen LogP contribution in [0.15, 0.2) is 16.6 Å². The van der Waals surface area contributed by atoms with Crippen molar-refractivity contribution < 1.29 is 4.79 Å². The van der Waals surface area contributed by atoms with Gasteiger partial charge in [0.15, 0.2) is 5.69 Å². The molecule has 0 atom stereocenters. The van der Waals surface area contributed by atoms with Crippen LogP contribution in [-0.2, 0) is 0 Å². The Morgan fingerprint density at radius 2 is 2.10 bits per heavy atom. The van der Waals surface area contributed by atoms with E-state index in [9.17, 15) is 4.79 Å². The van der Waals surface area contributed by atoms with Gasteiger partial charge in [-0.3, -0.25) is 9.89 Å². The monoisotopic (exact) mass is 388 g/mol. The second kappa shape index (κ2) is 5.51. The Morgan fingerprint density at radius 3 is 2.76 bits per heavy atom. The van der Waals surface area contributed by atoms with Gasteiger partial charge in [0, 0.05) is 10.4 Å². The Morgan fingerprint density at radius 1 is 1.38 bits per heavy atom. The van der Waals surface area contributed by atoms with Crippen LogP contribution in [0.4, 0.5) is 11.4 Å². The molecule has 1 saturated carbocycles. The molecule has 0 unspecified atom stereocenters. The van der Waals surface area contributed by atoms with Crippen LogP contribution in [0, 0.1) is 0 Å². The molecule has 5 nitrogen and oxygen atoms in total. The van der Waals surface area contributed by atoms with E-state index in [2.05, 4.69) is 31.4 Å². The first-order valence-electron chi connectivity index (χ1n) is 6.27. The lowest BCUT2D eigenvalue weighted by Crippen LogP contribution is -2.14.